The minimum Gasteiger partial charge on any atom is -0.465 e. The van der Waals surface area contributed by atoms with E-state index in [1.165, 1.54) is 0 Å². The SMILES string of the molecule is CCOC(=O)C(N)(CSCCCO)C1CC1. The molecule has 1 aliphatic rings. The molecule has 3 N–H and O–H groups in total. The highest BCUT2D eigenvalue weighted by Gasteiger charge is 2.48. The quantitative estimate of drug-likeness (QED) is 0.490. The molecule has 0 amide bonds. The third-order valence-electron chi connectivity index (χ3n) is 2.75. The molecule has 0 aromatic heterocycles. The van der Waals surface area contributed by atoms with Gasteiger partial charge < -0.3 is 15.6 Å². The maximum atomic E-state index is 11.8. The Morgan fingerprint density at radius 3 is 2.81 bits per heavy atom. The Hall–Kier alpha value is -0.260. The van der Waals surface area contributed by atoms with Gasteiger partial charge in [-0.2, -0.15) is 11.8 Å². The topological polar surface area (TPSA) is 72.5 Å². The normalized spacial score (nSPS) is 19.2. The van der Waals surface area contributed by atoms with Gasteiger partial charge in [-0.1, -0.05) is 0 Å². The molecule has 0 heterocycles. The molecule has 0 bridgehead atoms. The van der Waals surface area contributed by atoms with Crippen LogP contribution in [-0.4, -0.2) is 41.3 Å². The minimum absolute atomic E-state index is 0.188. The van der Waals surface area contributed by atoms with E-state index in [0.29, 0.717) is 12.4 Å². The van der Waals surface area contributed by atoms with Crippen molar-refractivity contribution in [3.8, 4) is 0 Å². The minimum atomic E-state index is -0.809. The van der Waals surface area contributed by atoms with Crippen molar-refractivity contribution in [3.63, 3.8) is 0 Å². The Morgan fingerprint density at radius 2 is 2.31 bits per heavy atom. The molecule has 1 unspecified atom stereocenters. The Bertz CT molecular complexity index is 233. The fourth-order valence-electron chi connectivity index (χ4n) is 1.62. The van der Waals surface area contributed by atoms with Gasteiger partial charge in [0.15, 0.2) is 0 Å². The highest BCUT2D eigenvalue weighted by atomic mass is 32.2. The van der Waals surface area contributed by atoms with E-state index in [-0.39, 0.29) is 18.5 Å². The molecule has 5 heteroatoms. The van der Waals surface area contributed by atoms with Crippen molar-refractivity contribution in [1.82, 2.24) is 0 Å². The number of hydrogen-bond acceptors (Lipinski definition) is 5. The third kappa shape index (κ3) is 3.64. The van der Waals surface area contributed by atoms with Crippen molar-refractivity contribution in [1.29, 1.82) is 0 Å². The first kappa shape index (κ1) is 13.8. The van der Waals surface area contributed by atoms with Crippen molar-refractivity contribution in [3.05, 3.63) is 0 Å². The lowest BCUT2D eigenvalue weighted by atomic mass is 9.97. The van der Waals surface area contributed by atoms with Crippen molar-refractivity contribution >= 4 is 17.7 Å². The Morgan fingerprint density at radius 1 is 1.62 bits per heavy atom. The standard InChI is InChI=1S/C11H21NO3S/c1-2-15-10(14)11(12,9-4-5-9)8-16-7-3-6-13/h9,13H,2-8,12H2,1H3. The summed E-state index contributed by atoms with van der Waals surface area (Å²) in [7, 11) is 0. The van der Waals surface area contributed by atoms with Crippen LogP contribution in [0.2, 0.25) is 0 Å². The van der Waals surface area contributed by atoms with E-state index in [0.717, 1.165) is 25.0 Å². The van der Waals surface area contributed by atoms with E-state index in [1.54, 1.807) is 18.7 Å². The molecule has 1 aliphatic carbocycles. The molecule has 0 saturated heterocycles. The molecule has 94 valence electrons. The van der Waals surface area contributed by atoms with Gasteiger partial charge >= 0.3 is 5.97 Å². The molecule has 4 nitrogen and oxygen atoms in total. The zero-order valence-corrected chi connectivity index (χ0v) is 10.6. The van der Waals surface area contributed by atoms with Crippen molar-refractivity contribution < 1.29 is 14.6 Å². The molecule has 1 rings (SSSR count). The lowest BCUT2D eigenvalue weighted by Gasteiger charge is -2.26. The van der Waals surface area contributed by atoms with E-state index in [2.05, 4.69) is 0 Å². The van der Waals surface area contributed by atoms with Crippen molar-refractivity contribution in [2.24, 2.45) is 11.7 Å². The molecule has 0 spiro atoms. The van der Waals surface area contributed by atoms with E-state index >= 15 is 0 Å². The molecule has 0 radical (unpaired) electrons. The lowest BCUT2D eigenvalue weighted by Crippen LogP contribution is -2.53. The van der Waals surface area contributed by atoms with Gasteiger partial charge in [0, 0.05) is 12.4 Å². The molecule has 1 saturated carbocycles. The van der Waals surface area contributed by atoms with Crippen LogP contribution in [0.1, 0.15) is 26.2 Å². The molecular weight excluding hydrogens is 226 g/mol. The summed E-state index contributed by atoms with van der Waals surface area (Å²) in [6.07, 6.45) is 2.79. The van der Waals surface area contributed by atoms with Gasteiger partial charge in [-0.3, -0.25) is 4.79 Å². The summed E-state index contributed by atoms with van der Waals surface area (Å²) in [5.41, 5.74) is 5.35. The number of aliphatic hydroxyl groups excluding tert-OH is 1. The lowest BCUT2D eigenvalue weighted by molar-refractivity contribution is -0.149. The predicted octanol–water partition coefficient (Wildman–Crippen LogP) is 0.773. The molecule has 1 atom stereocenters. The second-order valence-electron chi connectivity index (χ2n) is 4.16. The van der Waals surface area contributed by atoms with Crippen LogP contribution in [0, 0.1) is 5.92 Å². The summed E-state index contributed by atoms with van der Waals surface area (Å²) in [6.45, 7) is 2.36. The number of rotatable bonds is 8. The number of hydrogen-bond donors (Lipinski definition) is 2. The number of carbonyl (C=O) groups excluding carboxylic acids is 1. The van der Waals surface area contributed by atoms with E-state index in [4.69, 9.17) is 15.6 Å². The van der Waals surface area contributed by atoms with Crippen LogP contribution < -0.4 is 5.73 Å². The number of thioether (sulfide) groups is 1. The second kappa shape index (κ2) is 6.47. The molecule has 0 aromatic carbocycles. The molecule has 1 fully saturated rings. The Kier molecular flexibility index (Phi) is 5.58. The van der Waals surface area contributed by atoms with Crippen LogP contribution in [0.5, 0.6) is 0 Å². The first-order valence-electron chi connectivity index (χ1n) is 5.80. The summed E-state index contributed by atoms with van der Waals surface area (Å²) in [4.78, 5) is 11.8. The number of esters is 1. The van der Waals surface area contributed by atoms with Crippen LogP contribution in [0.25, 0.3) is 0 Å². The monoisotopic (exact) mass is 247 g/mol. The van der Waals surface area contributed by atoms with Crippen LogP contribution in [0.15, 0.2) is 0 Å². The van der Waals surface area contributed by atoms with Gasteiger partial charge in [0.05, 0.1) is 6.61 Å². The predicted molar refractivity (Wildman–Crippen MR) is 65.3 cm³/mol. The van der Waals surface area contributed by atoms with Crippen LogP contribution >= 0.6 is 11.8 Å². The number of ether oxygens (including phenoxy) is 1. The first-order chi connectivity index (χ1) is 7.65. The molecule has 0 aromatic rings. The van der Waals surface area contributed by atoms with E-state index in [9.17, 15) is 4.79 Å². The summed E-state index contributed by atoms with van der Waals surface area (Å²) in [5.74, 6) is 1.44. The van der Waals surface area contributed by atoms with Gasteiger partial charge in [0.1, 0.15) is 5.54 Å². The molecule has 16 heavy (non-hydrogen) atoms. The Balaban J connectivity index is 2.41. The number of aliphatic hydroxyl groups is 1. The van der Waals surface area contributed by atoms with E-state index in [1.807, 2.05) is 0 Å². The van der Waals surface area contributed by atoms with Crippen LogP contribution in [0.4, 0.5) is 0 Å². The average molecular weight is 247 g/mol. The van der Waals surface area contributed by atoms with Crippen LogP contribution in [-0.2, 0) is 9.53 Å². The number of nitrogens with two attached hydrogens (primary N) is 1. The summed E-state index contributed by atoms with van der Waals surface area (Å²) >= 11 is 1.62. The average Bonchev–Trinajstić information content (AvgIpc) is 3.08. The van der Waals surface area contributed by atoms with E-state index < -0.39 is 5.54 Å². The largest absolute Gasteiger partial charge is 0.465 e. The zero-order valence-electron chi connectivity index (χ0n) is 9.78. The highest BCUT2D eigenvalue weighted by molar-refractivity contribution is 7.99. The maximum Gasteiger partial charge on any atom is 0.327 e. The highest BCUT2D eigenvalue weighted by Crippen LogP contribution is 2.40. The summed E-state index contributed by atoms with van der Waals surface area (Å²) in [5, 5.41) is 8.67. The van der Waals surface area contributed by atoms with Crippen LogP contribution in [0.3, 0.4) is 0 Å². The third-order valence-corrected chi connectivity index (χ3v) is 4.01. The zero-order chi connectivity index (χ0) is 12.0. The fourth-order valence-corrected chi connectivity index (χ4v) is 2.78. The smallest absolute Gasteiger partial charge is 0.327 e. The van der Waals surface area contributed by atoms with Crippen molar-refractivity contribution in [2.75, 3.05) is 24.7 Å². The first-order valence-corrected chi connectivity index (χ1v) is 6.95. The fraction of sp³-hybridized carbons (Fsp3) is 0.909. The van der Waals surface area contributed by atoms with Crippen molar-refractivity contribution in [2.45, 2.75) is 31.7 Å². The Labute approximate surface area is 101 Å². The van der Waals surface area contributed by atoms with Gasteiger partial charge in [-0.15, -0.1) is 0 Å². The summed E-state index contributed by atoms with van der Waals surface area (Å²) < 4.78 is 5.04. The van der Waals surface area contributed by atoms with Gasteiger partial charge in [0.25, 0.3) is 0 Å². The maximum absolute atomic E-state index is 11.8. The van der Waals surface area contributed by atoms with Gasteiger partial charge in [-0.05, 0) is 37.9 Å². The second-order valence-corrected chi connectivity index (χ2v) is 5.27. The number of carbonyl (C=O) groups is 1. The van der Waals surface area contributed by atoms with Gasteiger partial charge in [0.2, 0.25) is 0 Å². The van der Waals surface area contributed by atoms with Gasteiger partial charge in [-0.25, -0.2) is 0 Å². The summed E-state index contributed by atoms with van der Waals surface area (Å²) in [6, 6.07) is 0. The molecular formula is C11H21NO3S. The molecule has 0 aliphatic heterocycles.